The zero-order valence-electron chi connectivity index (χ0n) is 9.38. The predicted molar refractivity (Wildman–Crippen MR) is 57.4 cm³/mol. The molecule has 2 N–H and O–H groups in total. The standard InChI is InChI=1S/C11H23NO2/c1-10(14-2)8-12-11(9-13)6-4-3-5-7-11/h10,12-13H,3-9H2,1-2H3. The SMILES string of the molecule is COC(C)CNC1(CO)CCCCC1. The third-order valence-corrected chi connectivity index (χ3v) is 3.28. The van der Waals surface area contributed by atoms with Gasteiger partial charge in [0.1, 0.15) is 0 Å². The van der Waals surface area contributed by atoms with Gasteiger partial charge in [-0.2, -0.15) is 0 Å². The number of ether oxygens (including phenoxy) is 1. The van der Waals surface area contributed by atoms with Crippen LogP contribution in [-0.4, -0.2) is 37.0 Å². The van der Waals surface area contributed by atoms with Crippen molar-refractivity contribution in [3.8, 4) is 0 Å². The van der Waals surface area contributed by atoms with Crippen LogP contribution < -0.4 is 5.32 Å². The zero-order valence-corrected chi connectivity index (χ0v) is 9.38. The fraction of sp³-hybridized carbons (Fsp3) is 1.00. The van der Waals surface area contributed by atoms with Crippen molar-refractivity contribution in [1.29, 1.82) is 0 Å². The molecule has 0 heterocycles. The molecule has 0 aromatic carbocycles. The Bertz CT molecular complexity index is 155. The topological polar surface area (TPSA) is 41.5 Å². The van der Waals surface area contributed by atoms with Crippen LogP contribution >= 0.6 is 0 Å². The lowest BCUT2D eigenvalue weighted by Crippen LogP contribution is -2.52. The molecule has 0 aromatic heterocycles. The van der Waals surface area contributed by atoms with Gasteiger partial charge in [0.2, 0.25) is 0 Å². The van der Waals surface area contributed by atoms with Gasteiger partial charge >= 0.3 is 0 Å². The van der Waals surface area contributed by atoms with Crippen molar-refractivity contribution in [2.24, 2.45) is 0 Å². The second-order valence-electron chi connectivity index (χ2n) is 4.43. The summed E-state index contributed by atoms with van der Waals surface area (Å²) in [4.78, 5) is 0. The van der Waals surface area contributed by atoms with Gasteiger partial charge in [-0.1, -0.05) is 19.3 Å². The summed E-state index contributed by atoms with van der Waals surface area (Å²) in [5.41, 5.74) is -0.0228. The molecule has 1 fully saturated rings. The summed E-state index contributed by atoms with van der Waals surface area (Å²) in [6.07, 6.45) is 6.19. The summed E-state index contributed by atoms with van der Waals surface area (Å²) in [6.45, 7) is 3.13. The monoisotopic (exact) mass is 201 g/mol. The molecule has 0 aromatic rings. The molecule has 14 heavy (non-hydrogen) atoms. The van der Waals surface area contributed by atoms with E-state index in [1.165, 1.54) is 19.3 Å². The average molecular weight is 201 g/mol. The van der Waals surface area contributed by atoms with Gasteiger partial charge in [0, 0.05) is 19.2 Å². The van der Waals surface area contributed by atoms with Gasteiger partial charge in [0.15, 0.2) is 0 Å². The highest BCUT2D eigenvalue weighted by atomic mass is 16.5. The van der Waals surface area contributed by atoms with E-state index in [-0.39, 0.29) is 18.2 Å². The second kappa shape index (κ2) is 5.69. The minimum atomic E-state index is -0.0228. The van der Waals surface area contributed by atoms with E-state index in [4.69, 9.17) is 4.74 Å². The highest BCUT2D eigenvalue weighted by molar-refractivity contribution is 4.90. The largest absolute Gasteiger partial charge is 0.394 e. The Morgan fingerprint density at radius 2 is 2.00 bits per heavy atom. The molecule has 1 aliphatic carbocycles. The third-order valence-electron chi connectivity index (χ3n) is 3.28. The quantitative estimate of drug-likeness (QED) is 0.704. The number of rotatable bonds is 5. The molecular formula is C11H23NO2. The first kappa shape index (κ1) is 12.0. The van der Waals surface area contributed by atoms with Gasteiger partial charge in [0.25, 0.3) is 0 Å². The van der Waals surface area contributed by atoms with E-state index in [9.17, 15) is 5.11 Å². The second-order valence-corrected chi connectivity index (χ2v) is 4.43. The van der Waals surface area contributed by atoms with Gasteiger partial charge in [-0.05, 0) is 19.8 Å². The minimum absolute atomic E-state index is 0.0228. The Labute approximate surface area is 86.8 Å². The van der Waals surface area contributed by atoms with Gasteiger partial charge in [-0.15, -0.1) is 0 Å². The fourth-order valence-electron chi connectivity index (χ4n) is 2.06. The molecule has 1 aliphatic rings. The number of aliphatic hydroxyl groups is 1. The van der Waals surface area contributed by atoms with Gasteiger partial charge < -0.3 is 15.2 Å². The Balaban J connectivity index is 2.36. The third kappa shape index (κ3) is 3.23. The number of hydrogen-bond acceptors (Lipinski definition) is 3. The number of nitrogens with one attached hydrogen (secondary N) is 1. The molecule has 3 heteroatoms. The Morgan fingerprint density at radius 1 is 1.36 bits per heavy atom. The number of methoxy groups -OCH3 is 1. The van der Waals surface area contributed by atoms with Crippen LogP contribution in [0.25, 0.3) is 0 Å². The van der Waals surface area contributed by atoms with Crippen molar-refractivity contribution in [3.05, 3.63) is 0 Å². The van der Waals surface area contributed by atoms with Crippen LogP contribution in [0.1, 0.15) is 39.0 Å². The molecule has 0 aliphatic heterocycles. The first-order valence-corrected chi connectivity index (χ1v) is 5.61. The van der Waals surface area contributed by atoms with Crippen molar-refractivity contribution in [2.45, 2.75) is 50.7 Å². The molecule has 0 amide bonds. The zero-order chi connectivity index (χ0) is 10.4. The summed E-state index contributed by atoms with van der Waals surface area (Å²) in [6, 6.07) is 0. The maximum absolute atomic E-state index is 9.42. The summed E-state index contributed by atoms with van der Waals surface area (Å²) in [5.74, 6) is 0. The van der Waals surface area contributed by atoms with Crippen LogP contribution in [0.15, 0.2) is 0 Å². The van der Waals surface area contributed by atoms with Crippen molar-refractivity contribution < 1.29 is 9.84 Å². The van der Waals surface area contributed by atoms with E-state index in [0.29, 0.717) is 0 Å². The molecular weight excluding hydrogens is 178 g/mol. The molecule has 0 bridgehead atoms. The maximum Gasteiger partial charge on any atom is 0.0667 e. The van der Waals surface area contributed by atoms with E-state index < -0.39 is 0 Å². The number of aliphatic hydroxyl groups excluding tert-OH is 1. The molecule has 0 spiro atoms. The average Bonchev–Trinajstić information content (AvgIpc) is 2.27. The van der Waals surface area contributed by atoms with E-state index in [0.717, 1.165) is 19.4 Å². The summed E-state index contributed by atoms with van der Waals surface area (Å²) >= 11 is 0. The summed E-state index contributed by atoms with van der Waals surface area (Å²) in [7, 11) is 1.72. The van der Waals surface area contributed by atoms with Crippen LogP contribution in [-0.2, 0) is 4.74 Å². The van der Waals surface area contributed by atoms with E-state index >= 15 is 0 Å². The first-order valence-electron chi connectivity index (χ1n) is 5.61. The van der Waals surface area contributed by atoms with Crippen LogP contribution in [0.3, 0.4) is 0 Å². The van der Waals surface area contributed by atoms with Crippen LogP contribution in [0, 0.1) is 0 Å². The van der Waals surface area contributed by atoms with Crippen LogP contribution in [0.2, 0.25) is 0 Å². The van der Waals surface area contributed by atoms with E-state index in [1.54, 1.807) is 7.11 Å². The summed E-state index contributed by atoms with van der Waals surface area (Å²) in [5, 5.41) is 12.9. The van der Waals surface area contributed by atoms with Crippen molar-refractivity contribution in [2.75, 3.05) is 20.3 Å². The molecule has 1 saturated carbocycles. The molecule has 0 radical (unpaired) electrons. The van der Waals surface area contributed by atoms with Gasteiger partial charge in [-0.3, -0.25) is 0 Å². The van der Waals surface area contributed by atoms with Crippen LogP contribution in [0.4, 0.5) is 0 Å². The normalized spacial score (nSPS) is 23.4. The Morgan fingerprint density at radius 3 is 2.50 bits per heavy atom. The molecule has 1 rings (SSSR count). The van der Waals surface area contributed by atoms with Crippen molar-refractivity contribution in [3.63, 3.8) is 0 Å². The molecule has 3 nitrogen and oxygen atoms in total. The molecule has 0 saturated heterocycles. The smallest absolute Gasteiger partial charge is 0.0667 e. The maximum atomic E-state index is 9.42. The highest BCUT2D eigenvalue weighted by Gasteiger charge is 2.30. The van der Waals surface area contributed by atoms with E-state index in [1.807, 2.05) is 6.92 Å². The summed E-state index contributed by atoms with van der Waals surface area (Å²) < 4.78 is 5.19. The van der Waals surface area contributed by atoms with Crippen LogP contribution in [0.5, 0.6) is 0 Å². The van der Waals surface area contributed by atoms with Gasteiger partial charge in [-0.25, -0.2) is 0 Å². The van der Waals surface area contributed by atoms with Crippen molar-refractivity contribution in [1.82, 2.24) is 5.32 Å². The Hall–Kier alpha value is -0.120. The van der Waals surface area contributed by atoms with E-state index in [2.05, 4.69) is 5.32 Å². The minimum Gasteiger partial charge on any atom is -0.394 e. The van der Waals surface area contributed by atoms with Gasteiger partial charge in [0.05, 0.1) is 12.7 Å². The first-order chi connectivity index (χ1) is 6.72. The van der Waals surface area contributed by atoms with Crippen molar-refractivity contribution >= 4 is 0 Å². The lowest BCUT2D eigenvalue weighted by atomic mass is 9.82. The molecule has 1 atom stereocenters. The highest BCUT2D eigenvalue weighted by Crippen LogP contribution is 2.27. The fourth-order valence-corrected chi connectivity index (χ4v) is 2.06. The lowest BCUT2D eigenvalue weighted by molar-refractivity contribution is 0.0770. The number of hydrogen-bond donors (Lipinski definition) is 2. The Kier molecular flexibility index (Phi) is 4.85. The molecule has 84 valence electrons. The lowest BCUT2D eigenvalue weighted by Gasteiger charge is -2.37. The predicted octanol–water partition coefficient (Wildman–Crippen LogP) is 1.31. The molecule has 1 unspecified atom stereocenters.